The smallest absolute Gasteiger partial charge is 0.335 e. The van der Waals surface area contributed by atoms with Crippen molar-refractivity contribution in [3.8, 4) is 0 Å². The number of aromatic carboxylic acids is 1. The molecule has 1 amide bonds. The Bertz CT molecular complexity index is 1270. The van der Waals surface area contributed by atoms with Crippen LogP contribution >= 0.6 is 11.8 Å². The summed E-state index contributed by atoms with van der Waals surface area (Å²) in [7, 11) is -1.36. The van der Waals surface area contributed by atoms with Crippen molar-refractivity contribution in [1.29, 1.82) is 5.41 Å². The first-order valence-electron chi connectivity index (χ1n) is 14.4. The molecule has 10 nitrogen and oxygen atoms in total. The Morgan fingerprint density at radius 2 is 2.00 bits per heavy atom. The minimum atomic E-state index is -1.36. The van der Waals surface area contributed by atoms with Gasteiger partial charge in [-0.25, -0.2) is 9.78 Å². The number of aromatic nitrogens is 2. The summed E-state index contributed by atoms with van der Waals surface area (Å²) >= 11 is 1.66. The molecular weight excluding hydrogens is 559 g/mol. The predicted molar refractivity (Wildman–Crippen MR) is 168 cm³/mol. The number of anilines is 1. The average Bonchev–Trinajstić information content (AvgIpc) is 3.26. The normalized spacial score (nSPS) is 14.8. The van der Waals surface area contributed by atoms with Gasteiger partial charge in [0.25, 0.3) is 5.91 Å². The van der Waals surface area contributed by atoms with Crippen LogP contribution in [-0.2, 0) is 20.8 Å². The van der Waals surface area contributed by atoms with Gasteiger partial charge in [0.1, 0.15) is 12.4 Å². The number of carboxylic acids is 1. The number of nitrogens with one attached hydrogen (secondary N) is 2. The molecule has 2 aromatic rings. The Labute approximate surface area is 248 Å². The van der Waals surface area contributed by atoms with E-state index < -0.39 is 14.0 Å². The Morgan fingerprint density at radius 3 is 2.59 bits per heavy atom. The van der Waals surface area contributed by atoms with E-state index in [0.717, 1.165) is 35.7 Å². The second-order valence-corrected chi connectivity index (χ2v) is 18.5. The van der Waals surface area contributed by atoms with E-state index in [0.29, 0.717) is 49.6 Å². The molecule has 1 aliphatic heterocycles. The van der Waals surface area contributed by atoms with Crippen LogP contribution in [0, 0.1) is 5.41 Å². The van der Waals surface area contributed by atoms with Crippen molar-refractivity contribution < 1.29 is 24.2 Å². The Balaban J connectivity index is 2.17. The number of aryl methyl sites for hydroxylation is 1. The lowest BCUT2D eigenvalue weighted by molar-refractivity contribution is -0.116. The van der Waals surface area contributed by atoms with Gasteiger partial charge in [0.05, 0.1) is 16.6 Å². The maximum Gasteiger partial charge on any atom is 0.335 e. The van der Waals surface area contributed by atoms with Crippen LogP contribution in [0.5, 0.6) is 0 Å². The number of nitrogens with zero attached hydrogens (tertiary/aromatic N) is 3. The fraction of sp³-hybridized carbons (Fsp3) is 0.586. The van der Waals surface area contributed by atoms with Crippen molar-refractivity contribution >= 4 is 54.4 Å². The summed E-state index contributed by atoms with van der Waals surface area (Å²) < 4.78 is 13.6. The van der Waals surface area contributed by atoms with Crippen LogP contribution in [0.1, 0.15) is 50.4 Å². The van der Waals surface area contributed by atoms with E-state index in [2.05, 4.69) is 31.9 Å². The van der Waals surface area contributed by atoms with E-state index in [1.165, 1.54) is 11.0 Å². The number of hydrogen-bond acceptors (Lipinski definition) is 8. The van der Waals surface area contributed by atoms with Crippen LogP contribution in [-0.4, -0.2) is 78.7 Å². The molecule has 0 aliphatic carbocycles. The predicted octanol–water partition coefficient (Wildman–Crippen LogP) is 5.59. The number of rotatable bonds is 15. The number of carbonyl (C=O) groups is 2. The molecule has 0 saturated carbocycles. The molecule has 12 heteroatoms. The lowest BCUT2D eigenvalue weighted by Crippen LogP contribution is -2.40. The SMILES string of the molecule is CCCn1c(N(COCC[Si](C)(C)C)C(=O)/C(=C/C(C)=N)NCC)nc2cc(C(=O)O)cc(SC3CCOCC3)c21. The molecule has 0 spiro atoms. The zero-order chi connectivity index (χ0) is 30.2. The average molecular weight is 604 g/mol. The number of hydrogen-bond donors (Lipinski definition) is 3. The zero-order valence-corrected chi connectivity index (χ0v) is 27.0. The first kappa shape index (κ1) is 32.8. The standard InChI is InChI=1S/C29H45N5O5SSi/c1-7-11-33-26-23(17-21(28(36)37)18-25(26)40-22-9-12-38-13-10-22)32-29(33)34(19-39-14-15-41(4,5)6)27(35)24(31-8-2)16-20(3)30/h16-18,22,30-31H,7-15,19H2,1-6H3,(H,36,37)/b24-16-,30-20?. The van der Waals surface area contributed by atoms with Crippen molar-refractivity contribution in [2.75, 3.05) is 38.0 Å². The van der Waals surface area contributed by atoms with E-state index in [9.17, 15) is 14.7 Å². The Hall–Kier alpha value is -2.67. The first-order chi connectivity index (χ1) is 19.4. The maximum absolute atomic E-state index is 14.0. The highest BCUT2D eigenvalue weighted by Gasteiger charge is 2.29. The van der Waals surface area contributed by atoms with E-state index in [-0.39, 0.29) is 29.6 Å². The molecular formula is C29H45N5O5SSi. The number of amides is 1. The van der Waals surface area contributed by atoms with Crippen LogP contribution < -0.4 is 10.2 Å². The molecule has 3 rings (SSSR count). The highest BCUT2D eigenvalue weighted by molar-refractivity contribution is 8.00. The molecule has 1 aromatic carbocycles. The fourth-order valence-electron chi connectivity index (χ4n) is 4.53. The van der Waals surface area contributed by atoms with Gasteiger partial charge in [0, 0.05) is 56.8 Å². The van der Waals surface area contributed by atoms with Gasteiger partial charge in [-0.3, -0.25) is 9.69 Å². The third-order valence-electron chi connectivity index (χ3n) is 6.60. The largest absolute Gasteiger partial charge is 0.478 e. The number of allylic oxidation sites excluding steroid dienone is 1. The molecule has 226 valence electrons. The van der Waals surface area contributed by atoms with E-state index in [4.69, 9.17) is 19.9 Å². The highest BCUT2D eigenvalue weighted by Crippen LogP contribution is 2.38. The van der Waals surface area contributed by atoms with E-state index in [1.807, 2.05) is 11.5 Å². The summed E-state index contributed by atoms with van der Waals surface area (Å²) in [4.78, 5) is 33.4. The zero-order valence-electron chi connectivity index (χ0n) is 25.2. The number of carboxylic acid groups (broad SMARTS) is 1. The van der Waals surface area contributed by atoms with E-state index >= 15 is 0 Å². The number of carbonyl (C=O) groups excluding carboxylic acids is 1. The van der Waals surface area contributed by atoms with Crippen LogP contribution in [0.4, 0.5) is 5.95 Å². The quantitative estimate of drug-likeness (QED) is 0.0789. The van der Waals surface area contributed by atoms with Gasteiger partial charge < -0.3 is 29.9 Å². The molecule has 1 saturated heterocycles. The minimum Gasteiger partial charge on any atom is -0.478 e. The molecule has 2 heterocycles. The van der Waals surface area contributed by atoms with Gasteiger partial charge >= 0.3 is 5.97 Å². The van der Waals surface area contributed by atoms with Gasteiger partial charge in [0.2, 0.25) is 5.95 Å². The lowest BCUT2D eigenvalue weighted by atomic mass is 10.2. The summed E-state index contributed by atoms with van der Waals surface area (Å²) in [5.41, 5.74) is 2.04. The van der Waals surface area contributed by atoms with Gasteiger partial charge in [0.15, 0.2) is 0 Å². The van der Waals surface area contributed by atoms with Crippen molar-refractivity contribution in [2.24, 2.45) is 0 Å². The fourth-order valence-corrected chi connectivity index (χ4v) is 6.59. The van der Waals surface area contributed by atoms with Gasteiger partial charge in [-0.15, -0.1) is 11.8 Å². The maximum atomic E-state index is 14.0. The molecule has 3 N–H and O–H groups in total. The van der Waals surface area contributed by atoms with Crippen molar-refractivity contribution in [1.82, 2.24) is 14.9 Å². The highest BCUT2D eigenvalue weighted by atomic mass is 32.2. The first-order valence-corrected chi connectivity index (χ1v) is 19.0. The van der Waals surface area contributed by atoms with Gasteiger partial charge in [-0.2, -0.15) is 0 Å². The van der Waals surface area contributed by atoms with Gasteiger partial charge in [-0.1, -0.05) is 26.6 Å². The number of thioether (sulfide) groups is 1. The third-order valence-corrected chi connectivity index (χ3v) is 9.68. The summed E-state index contributed by atoms with van der Waals surface area (Å²) in [5.74, 6) is -0.965. The number of benzene rings is 1. The van der Waals surface area contributed by atoms with Crippen molar-refractivity contribution in [3.63, 3.8) is 0 Å². The van der Waals surface area contributed by atoms with Crippen LogP contribution in [0.3, 0.4) is 0 Å². The molecule has 0 radical (unpaired) electrons. The van der Waals surface area contributed by atoms with Crippen LogP contribution in [0.15, 0.2) is 28.8 Å². The second-order valence-electron chi connectivity index (χ2n) is 11.5. The summed E-state index contributed by atoms with van der Waals surface area (Å²) in [6.07, 6.45) is 4.07. The summed E-state index contributed by atoms with van der Waals surface area (Å²) in [5, 5.41) is 21.3. The van der Waals surface area contributed by atoms with Gasteiger partial charge in [-0.05, 0) is 57.4 Å². The lowest BCUT2D eigenvalue weighted by Gasteiger charge is -2.25. The van der Waals surface area contributed by atoms with E-state index in [1.54, 1.807) is 30.8 Å². The number of imidazole rings is 1. The molecule has 1 aromatic heterocycles. The topological polar surface area (TPSA) is 130 Å². The molecule has 41 heavy (non-hydrogen) atoms. The number of likely N-dealkylation sites (N-methyl/N-ethyl adjacent to an activating group) is 1. The third kappa shape index (κ3) is 9.16. The Morgan fingerprint density at radius 1 is 1.29 bits per heavy atom. The molecule has 0 unspecified atom stereocenters. The van der Waals surface area contributed by atoms with Crippen molar-refractivity contribution in [2.45, 2.75) is 82.4 Å². The molecule has 1 aliphatic rings. The summed E-state index contributed by atoms with van der Waals surface area (Å²) in [6, 6.07) is 4.25. The second kappa shape index (κ2) is 15.0. The van der Waals surface area contributed by atoms with Crippen LogP contribution in [0.2, 0.25) is 25.7 Å². The summed E-state index contributed by atoms with van der Waals surface area (Å²) in [6.45, 7) is 15.4. The molecule has 0 bridgehead atoms. The molecule has 1 fully saturated rings. The number of ether oxygens (including phenoxy) is 2. The minimum absolute atomic E-state index is 0.00956. The molecule has 0 atom stereocenters. The van der Waals surface area contributed by atoms with Crippen molar-refractivity contribution in [3.05, 3.63) is 29.5 Å². The number of fused-ring (bicyclic) bond motifs is 1. The Kier molecular flexibility index (Phi) is 12.0. The van der Waals surface area contributed by atoms with Crippen LogP contribution in [0.25, 0.3) is 11.0 Å². The monoisotopic (exact) mass is 603 g/mol.